The number of carbonyl (C=O) groups excluding carboxylic acids is 1. The minimum Gasteiger partial charge on any atom is -0.467 e. The molecule has 0 aliphatic heterocycles. The van der Waals surface area contributed by atoms with Gasteiger partial charge in [-0.3, -0.25) is 9.69 Å². The van der Waals surface area contributed by atoms with Crippen molar-refractivity contribution in [2.45, 2.75) is 13.1 Å². The second kappa shape index (κ2) is 6.99. The molecule has 21 heavy (non-hydrogen) atoms. The molecule has 0 spiro atoms. The Hall–Kier alpha value is -2.21. The van der Waals surface area contributed by atoms with E-state index in [9.17, 15) is 13.6 Å². The molecule has 0 bridgehead atoms. The van der Waals surface area contributed by atoms with Gasteiger partial charge in [0.05, 0.1) is 19.4 Å². The fourth-order valence-electron chi connectivity index (χ4n) is 1.90. The zero-order chi connectivity index (χ0) is 15.2. The highest BCUT2D eigenvalue weighted by Crippen LogP contribution is 2.11. The van der Waals surface area contributed by atoms with Gasteiger partial charge in [0.25, 0.3) is 0 Å². The van der Waals surface area contributed by atoms with Crippen LogP contribution in [0.1, 0.15) is 11.3 Å². The zero-order valence-electron chi connectivity index (χ0n) is 11.6. The number of rotatable bonds is 6. The molecule has 0 atom stereocenters. The van der Waals surface area contributed by atoms with E-state index < -0.39 is 11.6 Å². The van der Waals surface area contributed by atoms with Crippen molar-refractivity contribution in [3.05, 3.63) is 59.6 Å². The smallest absolute Gasteiger partial charge is 0.234 e. The summed E-state index contributed by atoms with van der Waals surface area (Å²) < 4.78 is 31.4. The van der Waals surface area contributed by atoms with Gasteiger partial charge in [0, 0.05) is 18.2 Å². The molecule has 0 aliphatic rings. The maximum Gasteiger partial charge on any atom is 0.234 e. The summed E-state index contributed by atoms with van der Waals surface area (Å²) in [6, 6.07) is 6.91. The van der Waals surface area contributed by atoms with Gasteiger partial charge in [-0.05, 0) is 25.2 Å². The average molecular weight is 294 g/mol. The summed E-state index contributed by atoms with van der Waals surface area (Å²) in [5.41, 5.74) is 0.345. The summed E-state index contributed by atoms with van der Waals surface area (Å²) >= 11 is 0. The van der Waals surface area contributed by atoms with Crippen LogP contribution in [-0.2, 0) is 17.9 Å². The lowest BCUT2D eigenvalue weighted by molar-refractivity contribution is -0.122. The number of benzene rings is 1. The van der Waals surface area contributed by atoms with Gasteiger partial charge in [-0.25, -0.2) is 8.78 Å². The molecule has 1 amide bonds. The van der Waals surface area contributed by atoms with E-state index in [-0.39, 0.29) is 19.0 Å². The Bertz CT molecular complexity index is 600. The molecule has 1 N–H and O–H groups in total. The average Bonchev–Trinajstić information content (AvgIpc) is 2.93. The molecule has 1 heterocycles. The predicted octanol–water partition coefficient (Wildman–Crippen LogP) is 2.31. The Morgan fingerprint density at radius 3 is 2.81 bits per heavy atom. The highest BCUT2D eigenvalue weighted by Gasteiger charge is 2.10. The lowest BCUT2D eigenvalue weighted by atomic mass is 10.2. The highest BCUT2D eigenvalue weighted by molar-refractivity contribution is 5.77. The number of amides is 1. The lowest BCUT2D eigenvalue weighted by Gasteiger charge is -2.16. The summed E-state index contributed by atoms with van der Waals surface area (Å²) in [5.74, 6) is -0.764. The molecule has 0 aliphatic carbocycles. The second-order valence-electron chi connectivity index (χ2n) is 4.76. The van der Waals surface area contributed by atoms with Gasteiger partial charge in [-0.1, -0.05) is 6.07 Å². The molecular weight excluding hydrogens is 278 g/mol. The maximum absolute atomic E-state index is 13.5. The van der Waals surface area contributed by atoms with E-state index in [1.165, 1.54) is 18.4 Å². The number of hydrogen-bond acceptors (Lipinski definition) is 3. The van der Waals surface area contributed by atoms with E-state index in [0.29, 0.717) is 17.9 Å². The number of furan rings is 1. The summed E-state index contributed by atoms with van der Waals surface area (Å²) in [5, 5.41) is 2.70. The third kappa shape index (κ3) is 4.68. The van der Waals surface area contributed by atoms with Crippen LogP contribution in [0.2, 0.25) is 0 Å². The summed E-state index contributed by atoms with van der Waals surface area (Å²) in [4.78, 5) is 13.4. The third-order valence-electron chi connectivity index (χ3n) is 2.91. The molecule has 2 rings (SSSR count). The van der Waals surface area contributed by atoms with E-state index in [1.54, 1.807) is 24.1 Å². The van der Waals surface area contributed by atoms with E-state index in [1.807, 2.05) is 0 Å². The van der Waals surface area contributed by atoms with Crippen LogP contribution in [0.25, 0.3) is 0 Å². The molecule has 4 nitrogen and oxygen atoms in total. The van der Waals surface area contributed by atoms with E-state index >= 15 is 0 Å². The third-order valence-corrected chi connectivity index (χ3v) is 2.91. The fourth-order valence-corrected chi connectivity index (χ4v) is 1.90. The summed E-state index contributed by atoms with van der Waals surface area (Å²) in [7, 11) is 1.69. The van der Waals surface area contributed by atoms with Crippen molar-refractivity contribution < 1.29 is 18.0 Å². The van der Waals surface area contributed by atoms with Gasteiger partial charge in [0.15, 0.2) is 0 Å². The van der Waals surface area contributed by atoms with Crippen LogP contribution in [0.4, 0.5) is 8.78 Å². The minimum atomic E-state index is -0.616. The number of nitrogens with zero attached hydrogens (tertiary/aromatic N) is 1. The molecule has 6 heteroatoms. The number of likely N-dealkylation sites (N-methyl/N-ethyl adjacent to an activating group) is 1. The van der Waals surface area contributed by atoms with Crippen LogP contribution in [0, 0.1) is 11.6 Å². The lowest BCUT2D eigenvalue weighted by Crippen LogP contribution is -2.34. The molecule has 0 saturated heterocycles. The minimum absolute atomic E-state index is 0.109. The van der Waals surface area contributed by atoms with Gasteiger partial charge >= 0.3 is 0 Å². The van der Waals surface area contributed by atoms with Crippen molar-refractivity contribution >= 4 is 5.91 Å². The first kappa shape index (κ1) is 15.2. The Morgan fingerprint density at radius 2 is 2.14 bits per heavy atom. The number of nitrogens with one attached hydrogen (secondary N) is 1. The zero-order valence-corrected chi connectivity index (χ0v) is 11.6. The number of hydrogen-bond donors (Lipinski definition) is 1. The molecule has 1 aromatic heterocycles. The monoisotopic (exact) mass is 294 g/mol. The SMILES string of the molecule is CN(CC(=O)NCc1ccco1)Cc1ccc(F)cc1F. The Morgan fingerprint density at radius 1 is 1.33 bits per heavy atom. The summed E-state index contributed by atoms with van der Waals surface area (Å²) in [6.45, 7) is 0.641. The van der Waals surface area contributed by atoms with Crippen molar-refractivity contribution in [1.29, 1.82) is 0 Å². The Kier molecular flexibility index (Phi) is 5.05. The Balaban J connectivity index is 1.80. The number of carbonyl (C=O) groups is 1. The largest absolute Gasteiger partial charge is 0.467 e. The normalized spacial score (nSPS) is 10.9. The van der Waals surface area contributed by atoms with Gasteiger partial charge in [-0.15, -0.1) is 0 Å². The van der Waals surface area contributed by atoms with Crippen molar-refractivity contribution in [3.8, 4) is 0 Å². The van der Waals surface area contributed by atoms with Crippen LogP contribution >= 0.6 is 0 Å². The highest BCUT2D eigenvalue weighted by atomic mass is 19.1. The molecule has 0 unspecified atom stereocenters. The first-order valence-electron chi connectivity index (χ1n) is 6.46. The molecule has 0 fully saturated rings. The van der Waals surface area contributed by atoms with E-state index in [0.717, 1.165) is 6.07 Å². The van der Waals surface area contributed by atoms with Gasteiger partial charge in [0.2, 0.25) is 5.91 Å². The van der Waals surface area contributed by atoms with E-state index in [2.05, 4.69) is 5.32 Å². The quantitative estimate of drug-likeness (QED) is 0.889. The molecule has 0 saturated carbocycles. The number of halogens is 2. The Labute approximate surface area is 121 Å². The first-order chi connectivity index (χ1) is 10.0. The molecule has 112 valence electrons. The standard InChI is InChI=1S/C15H16F2N2O2/c1-19(9-11-4-5-12(16)7-14(11)17)10-15(20)18-8-13-3-2-6-21-13/h2-7H,8-10H2,1H3,(H,18,20). The van der Waals surface area contributed by atoms with Crippen molar-refractivity contribution in [3.63, 3.8) is 0 Å². The second-order valence-corrected chi connectivity index (χ2v) is 4.76. The topological polar surface area (TPSA) is 45.5 Å². The van der Waals surface area contributed by atoms with Gasteiger partial charge in [-0.2, -0.15) is 0 Å². The first-order valence-corrected chi connectivity index (χ1v) is 6.46. The molecule has 2 aromatic rings. The van der Waals surface area contributed by atoms with Crippen LogP contribution < -0.4 is 5.32 Å². The van der Waals surface area contributed by atoms with Gasteiger partial charge in [0.1, 0.15) is 17.4 Å². The van der Waals surface area contributed by atoms with Crippen molar-refractivity contribution in [1.82, 2.24) is 10.2 Å². The maximum atomic E-state index is 13.5. The molecule has 1 aromatic carbocycles. The predicted molar refractivity (Wildman–Crippen MR) is 73.2 cm³/mol. The van der Waals surface area contributed by atoms with Crippen molar-refractivity contribution in [2.75, 3.05) is 13.6 Å². The fraction of sp³-hybridized carbons (Fsp3) is 0.267. The van der Waals surface area contributed by atoms with Crippen LogP contribution in [-0.4, -0.2) is 24.4 Å². The van der Waals surface area contributed by atoms with Crippen molar-refractivity contribution in [2.24, 2.45) is 0 Å². The van der Waals surface area contributed by atoms with E-state index in [4.69, 9.17) is 4.42 Å². The van der Waals surface area contributed by atoms with Crippen LogP contribution in [0.5, 0.6) is 0 Å². The molecule has 0 radical (unpaired) electrons. The van der Waals surface area contributed by atoms with Crippen LogP contribution in [0.3, 0.4) is 0 Å². The summed E-state index contributed by atoms with van der Waals surface area (Å²) in [6.07, 6.45) is 1.53. The van der Waals surface area contributed by atoms with Gasteiger partial charge < -0.3 is 9.73 Å². The van der Waals surface area contributed by atoms with Crippen LogP contribution in [0.15, 0.2) is 41.0 Å². The molecular formula is C15H16F2N2O2.